The molecule has 1 aliphatic rings. The number of sulfonamides is 1. The Labute approximate surface area is 128 Å². The number of nitrogens with one attached hydrogen (secondary N) is 1. The fourth-order valence-electron chi connectivity index (χ4n) is 1.97. The highest BCUT2D eigenvalue weighted by atomic mass is 35.5. The molecule has 20 heavy (non-hydrogen) atoms. The van der Waals surface area contributed by atoms with Crippen LogP contribution in [0, 0.1) is 0 Å². The summed E-state index contributed by atoms with van der Waals surface area (Å²) in [6.45, 7) is 3.93. The monoisotopic (exact) mass is 338 g/mol. The van der Waals surface area contributed by atoms with E-state index in [1.165, 1.54) is 12.1 Å². The predicted molar refractivity (Wildman–Crippen MR) is 78.9 cm³/mol. The fraction of sp³-hybridized carbons (Fsp3) is 0.500. The van der Waals surface area contributed by atoms with Gasteiger partial charge in [-0.3, -0.25) is 4.90 Å². The van der Waals surface area contributed by atoms with Crippen LogP contribution >= 0.6 is 23.2 Å². The largest absolute Gasteiger partial charge is 0.379 e. The first-order valence-electron chi connectivity index (χ1n) is 6.24. The SMILES string of the molecule is O=S(=O)(NCCN1CCOCC1)c1c(Cl)cccc1Cl. The van der Waals surface area contributed by atoms with Crippen molar-refractivity contribution in [3.63, 3.8) is 0 Å². The van der Waals surface area contributed by atoms with Crippen LogP contribution in [0.15, 0.2) is 23.1 Å². The highest BCUT2D eigenvalue weighted by Gasteiger charge is 2.21. The molecule has 0 radical (unpaired) electrons. The van der Waals surface area contributed by atoms with Gasteiger partial charge in [-0.25, -0.2) is 13.1 Å². The van der Waals surface area contributed by atoms with Gasteiger partial charge < -0.3 is 4.74 Å². The first-order chi connectivity index (χ1) is 9.50. The standard InChI is InChI=1S/C12H16Cl2N2O3S/c13-10-2-1-3-11(14)12(10)20(17,18)15-4-5-16-6-8-19-9-7-16/h1-3,15H,4-9H2. The number of halogens is 2. The van der Waals surface area contributed by atoms with E-state index in [-0.39, 0.29) is 14.9 Å². The molecule has 1 aromatic carbocycles. The van der Waals surface area contributed by atoms with Crippen molar-refractivity contribution in [3.05, 3.63) is 28.2 Å². The molecular weight excluding hydrogens is 323 g/mol. The highest BCUT2D eigenvalue weighted by Crippen LogP contribution is 2.28. The van der Waals surface area contributed by atoms with E-state index >= 15 is 0 Å². The van der Waals surface area contributed by atoms with Gasteiger partial charge in [0.05, 0.1) is 23.3 Å². The van der Waals surface area contributed by atoms with Gasteiger partial charge in [-0.2, -0.15) is 0 Å². The van der Waals surface area contributed by atoms with Gasteiger partial charge in [0, 0.05) is 26.2 Å². The van der Waals surface area contributed by atoms with E-state index in [0.717, 1.165) is 13.1 Å². The molecule has 1 N–H and O–H groups in total. The average molecular weight is 339 g/mol. The van der Waals surface area contributed by atoms with Crippen molar-refractivity contribution in [2.24, 2.45) is 0 Å². The third-order valence-corrected chi connectivity index (χ3v) is 5.43. The summed E-state index contributed by atoms with van der Waals surface area (Å²) < 4.78 is 32.1. The lowest BCUT2D eigenvalue weighted by atomic mass is 10.4. The summed E-state index contributed by atoms with van der Waals surface area (Å²) in [4.78, 5) is 2.07. The number of rotatable bonds is 5. The Hall–Kier alpha value is -0.370. The van der Waals surface area contributed by atoms with Gasteiger partial charge in [0.1, 0.15) is 4.90 Å². The third kappa shape index (κ3) is 4.07. The van der Waals surface area contributed by atoms with Crippen LogP contribution < -0.4 is 4.72 Å². The van der Waals surface area contributed by atoms with Gasteiger partial charge in [0.2, 0.25) is 10.0 Å². The van der Waals surface area contributed by atoms with Crippen LogP contribution in [0.25, 0.3) is 0 Å². The van der Waals surface area contributed by atoms with Crippen LogP contribution in [0.4, 0.5) is 0 Å². The Balaban J connectivity index is 1.97. The molecule has 5 nitrogen and oxygen atoms in total. The summed E-state index contributed by atoms with van der Waals surface area (Å²) in [5.41, 5.74) is 0. The van der Waals surface area contributed by atoms with Crippen molar-refractivity contribution >= 4 is 33.2 Å². The van der Waals surface area contributed by atoms with E-state index in [2.05, 4.69) is 9.62 Å². The molecule has 0 bridgehead atoms. The Morgan fingerprint density at radius 2 is 1.80 bits per heavy atom. The molecule has 112 valence electrons. The number of nitrogens with zero attached hydrogens (tertiary/aromatic N) is 1. The lowest BCUT2D eigenvalue weighted by Gasteiger charge is -2.26. The van der Waals surface area contributed by atoms with Crippen molar-refractivity contribution < 1.29 is 13.2 Å². The van der Waals surface area contributed by atoms with Crippen molar-refractivity contribution in [2.75, 3.05) is 39.4 Å². The van der Waals surface area contributed by atoms with Crippen LogP contribution in [0.5, 0.6) is 0 Å². The van der Waals surface area contributed by atoms with E-state index in [4.69, 9.17) is 27.9 Å². The molecular formula is C12H16Cl2N2O3S. The van der Waals surface area contributed by atoms with Crippen LogP contribution in [0.1, 0.15) is 0 Å². The van der Waals surface area contributed by atoms with Gasteiger partial charge in [-0.05, 0) is 12.1 Å². The number of benzene rings is 1. The van der Waals surface area contributed by atoms with Gasteiger partial charge in [0.15, 0.2) is 0 Å². The Morgan fingerprint density at radius 3 is 2.40 bits per heavy atom. The fourth-order valence-corrected chi connectivity index (χ4v) is 4.14. The summed E-state index contributed by atoms with van der Waals surface area (Å²) >= 11 is 11.8. The van der Waals surface area contributed by atoms with E-state index < -0.39 is 10.0 Å². The van der Waals surface area contributed by atoms with Crippen molar-refractivity contribution in [3.8, 4) is 0 Å². The van der Waals surface area contributed by atoms with Gasteiger partial charge in [-0.1, -0.05) is 29.3 Å². The quantitative estimate of drug-likeness (QED) is 0.885. The molecule has 0 spiro atoms. The summed E-state index contributed by atoms with van der Waals surface area (Å²) in [6, 6.07) is 4.62. The lowest BCUT2D eigenvalue weighted by Crippen LogP contribution is -2.41. The number of hydrogen-bond donors (Lipinski definition) is 1. The molecule has 8 heteroatoms. The smallest absolute Gasteiger partial charge is 0.243 e. The van der Waals surface area contributed by atoms with Crippen molar-refractivity contribution in [1.29, 1.82) is 0 Å². The maximum Gasteiger partial charge on any atom is 0.243 e. The maximum absolute atomic E-state index is 12.2. The second kappa shape index (κ2) is 7.06. The van der Waals surface area contributed by atoms with Crippen LogP contribution in [0.3, 0.4) is 0 Å². The minimum absolute atomic E-state index is 0.0645. The summed E-state index contributed by atoms with van der Waals surface area (Å²) in [5.74, 6) is 0. The third-order valence-electron chi connectivity index (χ3n) is 3.01. The zero-order valence-corrected chi connectivity index (χ0v) is 13.1. The molecule has 0 saturated carbocycles. The molecule has 1 aromatic rings. The maximum atomic E-state index is 12.2. The number of hydrogen-bond acceptors (Lipinski definition) is 4. The Morgan fingerprint density at radius 1 is 1.20 bits per heavy atom. The van der Waals surface area contributed by atoms with Crippen LogP contribution in [-0.4, -0.2) is 52.7 Å². The second-order valence-corrected chi connectivity index (χ2v) is 6.92. The average Bonchev–Trinajstić information content (AvgIpc) is 2.39. The molecule has 0 atom stereocenters. The second-order valence-electron chi connectivity index (χ2n) is 4.40. The molecule has 0 amide bonds. The van der Waals surface area contributed by atoms with E-state index in [1.54, 1.807) is 6.07 Å². The predicted octanol–water partition coefficient (Wildman–Crippen LogP) is 1.60. The summed E-state index contributed by atoms with van der Waals surface area (Å²) in [5, 5.41) is 0.243. The minimum Gasteiger partial charge on any atom is -0.379 e. The van der Waals surface area contributed by atoms with Crippen LogP contribution in [0.2, 0.25) is 10.0 Å². The minimum atomic E-state index is -3.69. The molecule has 2 rings (SSSR count). The molecule has 1 saturated heterocycles. The van der Waals surface area contributed by atoms with E-state index in [1.807, 2.05) is 0 Å². The molecule has 0 aliphatic carbocycles. The summed E-state index contributed by atoms with van der Waals surface area (Å²) in [7, 11) is -3.69. The Bertz CT molecular complexity index is 540. The molecule has 0 aromatic heterocycles. The van der Waals surface area contributed by atoms with Crippen LogP contribution in [-0.2, 0) is 14.8 Å². The number of morpholine rings is 1. The lowest BCUT2D eigenvalue weighted by molar-refractivity contribution is 0.0390. The summed E-state index contributed by atoms with van der Waals surface area (Å²) in [6.07, 6.45) is 0. The molecule has 1 fully saturated rings. The Kier molecular flexibility index (Phi) is 5.65. The topological polar surface area (TPSA) is 58.6 Å². The van der Waals surface area contributed by atoms with Gasteiger partial charge in [0.25, 0.3) is 0 Å². The number of ether oxygens (including phenoxy) is 1. The van der Waals surface area contributed by atoms with E-state index in [0.29, 0.717) is 26.3 Å². The first-order valence-corrected chi connectivity index (χ1v) is 8.48. The molecule has 1 heterocycles. The van der Waals surface area contributed by atoms with Gasteiger partial charge in [-0.15, -0.1) is 0 Å². The van der Waals surface area contributed by atoms with Gasteiger partial charge >= 0.3 is 0 Å². The van der Waals surface area contributed by atoms with E-state index in [9.17, 15) is 8.42 Å². The molecule has 1 aliphatic heterocycles. The zero-order valence-electron chi connectivity index (χ0n) is 10.8. The van der Waals surface area contributed by atoms with Crippen molar-refractivity contribution in [2.45, 2.75) is 4.90 Å². The molecule has 0 unspecified atom stereocenters. The zero-order chi connectivity index (χ0) is 14.6. The normalized spacial score (nSPS) is 17.3. The van der Waals surface area contributed by atoms with Crippen molar-refractivity contribution in [1.82, 2.24) is 9.62 Å². The highest BCUT2D eigenvalue weighted by molar-refractivity contribution is 7.89. The first kappa shape index (κ1) is 16.0.